The highest BCUT2D eigenvalue weighted by Gasteiger charge is 2.10. The molecule has 0 fully saturated rings. The van der Waals surface area contributed by atoms with E-state index >= 15 is 0 Å². The van der Waals surface area contributed by atoms with Gasteiger partial charge in [-0.15, -0.1) is 0 Å². The fourth-order valence-corrected chi connectivity index (χ4v) is 2.57. The van der Waals surface area contributed by atoms with Crippen LogP contribution in [0.15, 0.2) is 36.7 Å². The van der Waals surface area contributed by atoms with Gasteiger partial charge in [0.25, 0.3) is 0 Å². The summed E-state index contributed by atoms with van der Waals surface area (Å²) in [6.07, 6.45) is 3.81. The van der Waals surface area contributed by atoms with Gasteiger partial charge in [-0.3, -0.25) is 4.90 Å². The van der Waals surface area contributed by atoms with Crippen molar-refractivity contribution in [3.63, 3.8) is 0 Å². The van der Waals surface area contributed by atoms with E-state index in [-0.39, 0.29) is 6.04 Å². The van der Waals surface area contributed by atoms with Crippen molar-refractivity contribution >= 4 is 5.69 Å². The van der Waals surface area contributed by atoms with Crippen LogP contribution < -0.4 is 5.32 Å². The Morgan fingerprint density at radius 1 is 1.29 bits per heavy atom. The third-order valence-corrected chi connectivity index (χ3v) is 3.86. The van der Waals surface area contributed by atoms with Gasteiger partial charge in [0.05, 0.1) is 6.04 Å². The Bertz CT molecular complexity index is 557. The maximum Gasteiger partial charge on any atom is 0.130 e. The van der Waals surface area contributed by atoms with Gasteiger partial charge in [0, 0.05) is 31.7 Å². The standard InChI is InChI=1S/C17H26N4/c1-5-21(6-2)13-15-8-7-9-16(12-15)19-14(3)17-18-10-11-20(17)4/h7-12,14,19H,5-6,13H2,1-4H3. The number of anilines is 1. The van der Waals surface area contributed by atoms with E-state index in [1.165, 1.54) is 5.56 Å². The van der Waals surface area contributed by atoms with Gasteiger partial charge in [0.1, 0.15) is 5.82 Å². The molecule has 0 aliphatic heterocycles. The first-order valence-electron chi connectivity index (χ1n) is 7.69. The predicted octanol–water partition coefficient (Wildman–Crippen LogP) is 3.44. The minimum Gasteiger partial charge on any atom is -0.375 e. The third kappa shape index (κ3) is 4.08. The number of aryl methyl sites for hydroxylation is 1. The molecule has 0 spiro atoms. The Morgan fingerprint density at radius 2 is 2.05 bits per heavy atom. The van der Waals surface area contributed by atoms with E-state index < -0.39 is 0 Å². The second-order valence-electron chi connectivity index (χ2n) is 5.42. The van der Waals surface area contributed by atoms with Crippen LogP contribution in [0.2, 0.25) is 0 Å². The molecule has 1 aromatic heterocycles. The first-order valence-corrected chi connectivity index (χ1v) is 7.69. The first-order chi connectivity index (χ1) is 10.1. The number of benzene rings is 1. The Balaban J connectivity index is 2.05. The van der Waals surface area contributed by atoms with Crippen molar-refractivity contribution in [2.45, 2.75) is 33.4 Å². The first kappa shape index (κ1) is 15.6. The van der Waals surface area contributed by atoms with Crippen LogP contribution in [0.1, 0.15) is 38.2 Å². The van der Waals surface area contributed by atoms with E-state index in [0.717, 1.165) is 31.1 Å². The summed E-state index contributed by atoms with van der Waals surface area (Å²) < 4.78 is 2.05. The fraction of sp³-hybridized carbons (Fsp3) is 0.471. The molecule has 0 aliphatic rings. The lowest BCUT2D eigenvalue weighted by atomic mass is 10.1. The molecule has 1 N–H and O–H groups in total. The smallest absolute Gasteiger partial charge is 0.130 e. The van der Waals surface area contributed by atoms with Gasteiger partial charge >= 0.3 is 0 Å². The highest BCUT2D eigenvalue weighted by molar-refractivity contribution is 5.47. The quantitative estimate of drug-likeness (QED) is 0.846. The molecule has 0 bridgehead atoms. The molecule has 2 aromatic rings. The zero-order chi connectivity index (χ0) is 15.2. The summed E-state index contributed by atoms with van der Waals surface area (Å²) in [6.45, 7) is 9.71. The van der Waals surface area contributed by atoms with E-state index in [2.05, 4.69) is 64.8 Å². The molecule has 0 radical (unpaired) electrons. The SMILES string of the molecule is CCN(CC)Cc1cccc(NC(C)c2nccn2C)c1. The zero-order valence-electron chi connectivity index (χ0n) is 13.5. The predicted molar refractivity (Wildman–Crippen MR) is 88.3 cm³/mol. The van der Waals surface area contributed by atoms with Gasteiger partial charge in [-0.1, -0.05) is 26.0 Å². The second-order valence-corrected chi connectivity index (χ2v) is 5.42. The van der Waals surface area contributed by atoms with Crippen molar-refractivity contribution in [1.82, 2.24) is 14.5 Å². The summed E-state index contributed by atoms with van der Waals surface area (Å²) in [5.74, 6) is 1.05. The second kappa shape index (κ2) is 7.27. The number of rotatable bonds is 7. The molecule has 0 saturated heterocycles. The summed E-state index contributed by atoms with van der Waals surface area (Å²) in [5, 5.41) is 3.53. The molecular weight excluding hydrogens is 260 g/mol. The normalized spacial score (nSPS) is 12.6. The average molecular weight is 286 g/mol. The summed E-state index contributed by atoms with van der Waals surface area (Å²) >= 11 is 0. The van der Waals surface area contributed by atoms with Crippen LogP contribution in [-0.4, -0.2) is 27.5 Å². The van der Waals surface area contributed by atoms with Crippen LogP contribution in [0.5, 0.6) is 0 Å². The van der Waals surface area contributed by atoms with E-state index in [9.17, 15) is 0 Å². The monoisotopic (exact) mass is 286 g/mol. The number of hydrogen-bond donors (Lipinski definition) is 1. The largest absolute Gasteiger partial charge is 0.375 e. The van der Waals surface area contributed by atoms with Crippen LogP contribution >= 0.6 is 0 Å². The minimum absolute atomic E-state index is 0.189. The minimum atomic E-state index is 0.189. The van der Waals surface area contributed by atoms with Crippen LogP contribution in [0.25, 0.3) is 0 Å². The Kier molecular flexibility index (Phi) is 5.39. The number of nitrogens with one attached hydrogen (secondary N) is 1. The molecule has 2 rings (SSSR count). The summed E-state index contributed by atoms with van der Waals surface area (Å²) in [7, 11) is 2.03. The molecule has 4 nitrogen and oxygen atoms in total. The summed E-state index contributed by atoms with van der Waals surface area (Å²) in [4.78, 5) is 6.82. The fourth-order valence-electron chi connectivity index (χ4n) is 2.57. The Hall–Kier alpha value is -1.81. The summed E-state index contributed by atoms with van der Waals surface area (Å²) in [5.41, 5.74) is 2.49. The molecule has 0 aliphatic carbocycles. The van der Waals surface area contributed by atoms with Gasteiger partial charge in [-0.05, 0) is 37.7 Å². The van der Waals surface area contributed by atoms with E-state index in [4.69, 9.17) is 0 Å². The van der Waals surface area contributed by atoms with Crippen molar-refractivity contribution in [1.29, 1.82) is 0 Å². The highest BCUT2D eigenvalue weighted by Crippen LogP contribution is 2.19. The van der Waals surface area contributed by atoms with Gasteiger partial charge in [-0.2, -0.15) is 0 Å². The van der Waals surface area contributed by atoms with Gasteiger partial charge in [0.2, 0.25) is 0 Å². The summed E-state index contributed by atoms with van der Waals surface area (Å²) in [6, 6.07) is 8.85. The maximum absolute atomic E-state index is 4.40. The molecule has 21 heavy (non-hydrogen) atoms. The number of nitrogens with zero attached hydrogens (tertiary/aromatic N) is 3. The van der Waals surface area contributed by atoms with Crippen molar-refractivity contribution in [2.24, 2.45) is 7.05 Å². The lowest BCUT2D eigenvalue weighted by Crippen LogP contribution is -2.22. The Morgan fingerprint density at radius 3 is 2.67 bits per heavy atom. The molecule has 1 atom stereocenters. The van der Waals surface area contributed by atoms with Gasteiger partial charge in [0.15, 0.2) is 0 Å². The van der Waals surface area contributed by atoms with E-state index in [1.807, 2.05) is 19.4 Å². The lowest BCUT2D eigenvalue weighted by Gasteiger charge is -2.19. The molecule has 4 heteroatoms. The van der Waals surface area contributed by atoms with Crippen molar-refractivity contribution in [3.05, 3.63) is 48.0 Å². The average Bonchev–Trinajstić information content (AvgIpc) is 2.91. The number of aromatic nitrogens is 2. The van der Waals surface area contributed by atoms with Crippen LogP contribution in [0.4, 0.5) is 5.69 Å². The zero-order valence-corrected chi connectivity index (χ0v) is 13.5. The third-order valence-electron chi connectivity index (χ3n) is 3.86. The van der Waals surface area contributed by atoms with Crippen LogP contribution in [0, 0.1) is 0 Å². The molecule has 114 valence electrons. The molecular formula is C17H26N4. The molecule has 0 amide bonds. The van der Waals surface area contributed by atoms with Gasteiger partial charge in [-0.25, -0.2) is 4.98 Å². The van der Waals surface area contributed by atoms with E-state index in [1.54, 1.807) is 0 Å². The van der Waals surface area contributed by atoms with Gasteiger partial charge < -0.3 is 9.88 Å². The number of hydrogen-bond acceptors (Lipinski definition) is 3. The lowest BCUT2D eigenvalue weighted by molar-refractivity contribution is 0.296. The number of imidazole rings is 1. The van der Waals surface area contributed by atoms with E-state index in [0.29, 0.717) is 0 Å². The van der Waals surface area contributed by atoms with Crippen LogP contribution in [0.3, 0.4) is 0 Å². The topological polar surface area (TPSA) is 33.1 Å². The molecule has 1 unspecified atom stereocenters. The van der Waals surface area contributed by atoms with Crippen molar-refractivity contribution in [2.75, 3.05) is 18.4 Å². The molecule has 0 saturated carbocycles. The molecule has 1 aromatic carbocycles. The Labute approximate surface area is 127 Å². The van der Waals surface area contributed by atoms with Crippen molar-refractivity contribution < 1.29 is 0 Å². The maximum atomic E-state index is 4.40. The highest BCUT2D eigenvalue weighted by atomic mass is 15.1. The van der Waals surface area contributed by atoms with Crippen LogP contribution in [-0.2, 0) is 13.6 Å². The molecule has 1 heterocycles. The van der Waals surface area contributed by atoms with Crippen molar-refractivity contribution in [3.8, 4) is 0 Å².